The van der Waals surface area contributed by atoms with Crippen molar-refractivity contribution in [2.24, 2.45) is 5.92 Å². The number of nitrogens with zero attached hydrogens (tertiary/aromatic N) is 5. The highest BCUT2D eigenvalue weighted by Crippen LogP contribution is 2.26. The Kier molecular flexibility index (Phi) is 4.04. The first-order valence-corrected chi connectivity index (χ1v) is 8.82. The van der Waals surface area contributed by atoms with Gasteiger partial charge in [0.1, 0.15) is 5.82 Å². The number of carbonyl (C=O) groups excluding carboxylic acids is 1. The van der Waals surface area contributed by atoms with Gasteiger partial charge in [0.2, 0.25) is 11.9 Å². The number of carbonyl (C=O) groups is 1. The van der Waals surface area contributed by atoms with E-state index in [-0.39, 0.29) is 17.9 Å². The number of hydrogen-bond donors (Lipinski definition) is 0. The van der Waals surface area contributed by atoms with Gasteiger partial charge in [-0.25, -0.2) is 4.98 Å². The van der Waals surface area contributed by atoms with E-state index < -0.39 is 0 Å². The quantitative estimate of drug-likeness (QED) is 0.794. The minimum absolute atomic E-state index is 0.0792. The maximum absolute atomic E-state index is 12.5. The molecule has 130 valence electrons. The van der Waals surface area contributed by atoms with Crippen molar-refractivity contribution < 1.29 is 9.53 Å². The topological polar surface area (TPSA) is 61.8 Å². The van der Waals surface area contributed by atoms with Crippen LogP contribution in [0.5, 0.6) is 0 Å². The van der Waals surface area contributed by atoms with Crippen molar-refractivity contribution >= 4 is 17.7 Å². The molecule has 4 heterocycles. The molecule has 0 saturated carbocycles. The Hall–Kier alpha value is -1.89. The number of fused-ring (bicyclic) bond motifs is 3. The van der Waals surface area contributed by atoms with Crippen LogP contribution in [-0.4, -0.2) is 73.3 Å². The van der Waals surface area contributed by atoms with Crippen LogP contribution in [-0.2, 0) is 9.53 Å². The fourth-order valence-electron chi connectivity index (χ4n) is 3.84. The van der Waals surface area contributed by atoms with Gasteiger partial charge in [0.15, 0.2) is 0 Å². The molecule has 0 radical (unpaired) electrons. The van der Waals surface area contributed by atoms with Crippen LogP contribution in [0, 0.1) is 12.8 Å². The third-order valence-corrected chi connectivity index (χ3v) is 5.29. The summed E-state index contributed by atoms with van der Waals surface area (Å²) in [5, 5.41) is 0. The zero-order valence-corrected chi connectivity index (χ0v) is 14.4. The molecule has 24 heavy (non-hydrogen) atoms. The highest BCUT2D eigenvalue weighted by atomic mass is 16.5. The number of amides is 1. The lowest BCUT2D eigenvalue weighted by Gasteiger charge is -2.30. The molecule has 1 aromatic heterocycles. The second kappa shape index (κ2) is 6.20. The van der Waals surface area contributed by atoms with Crippen molar-refractivity contribution in [3.05, 3.63) is 11.8 Å². The summed E-state index contributed by atoms with van der Waals surface area (Å²) in [7, 11) is 1.89. The van der Waals surface area contributed by atoms with Crippen molar-refractivity contribution in [1.82, 2.24) is 14.9 Å². The standard InChI is InChI=1S/C17H25N5O2/c1-12-7-15(19-17(18-12)21-5-3-4-6-21)22-8-13-10-24-11-14(9-22)20(2)16(13)23/h7,13-14H,3-6,8-11H2,1-2H3/t13-,14+/m1/s1. The summed E-state index contributed by atoms with van der Waals surface area (Å²) in [6, 6.07) is 2.11. The van der Waals surface area contributed by atoms with Gasteiger partial charge in [-0.2, -0.15) is 4.98 Å². The first-order chi connectivity index (χ1) is 11.6. The van der Waals surface area contributed by atoms with Gasteiger partial charge in [0.05, 0.1) is 25.2 Å². The van der Waals surface area contributed by atoms with Gasteiger partial charge in [0, 0.05) is 45.0 Å². The summed E-state index contributed by atoms with van der Waals surface area (Å²) in [4.78, 5) is 28.3. The van der Waals surface area contributed by atoms with Crippen LogP contribution in [0.25, 0.3) is 0 Å². The molecule has 7 heteroatoms. The third-order valence-electron chi connectivity index (χ3n) is 5.29. The van der Waals surface area contributed by atoms with E-state index in [0.29, 0.717) is 19.8 Å². The van der Waals surface area contributed by atoms with Crippen LogP contribution < -0.4 is 9.80 Å². The molecule has 3 saturated heterocycles. The summed E-state index contributed by atoms with van der Waals surface area (Å²) in [6.07, 6.45) is 2.41. The first kappa shape index (κ1) is 15.6. The molecule has 3 fully saturated rings. The molecule has 0 spiro atoms. The Morgan fingerprint density at radius 1 is 1.12 bits per heavy atom. The first-order valence-electron chi connectivity index (χ1n) is 8.82. The molecular weight excluding hydrogens is 306 g/mol. The molecule has 2 atom stereocenters. The highest BCUT2D eigenvalue weighted by molar-refractivity contribution is 5.80. The van der Waals surface area contributed by atoms with Crippen molar-refractivity contribution in [1.29, 1.82) is 0 Å². The van der Waals surface area contributed by atoms with Gasteiger partial charge in [-0.3, -0.25) is 4.79 Å². The molecule has 3 aliphatic rings. The van der Waals surface area contributed by atoms with Crippen LogP contribution in [0.4, 0.5) is 11.8 Å². The second-order valence-corrected chi connectivity index (χ2v) is 7.10. The number of rotatable bonds is 2. The minimum Gasteiger partial charge on any atom is -0.378 e. The van der Waals surface area contributed by atoms with Crippen molar-refractivity contribution in [2.75, 3.05) is 56.2 Å². The van der Waals surface area contributed by atoms with E-state index >= 15 is 0 Å². The lowest BCUT2D eigenvalue weighted by atomic mass is 10.1. The number of hydrogen-bond acceptors (Lipinski definition) is 6. The average Bonchev–Trinajstić information content (AvgIpc) is 3.00. The number of ether oxygens (including phenoxy) is 1. The molecule has 3 aliphatic heterocycles. The Morgan fingerprint density at radius 2 is 1.92 bits per heavy atom. The van der Waals surface area contributed by atoms with Crippen LogP contribution in [0.2, 0.25) is 0 Å². The van der Waals surface area contributed by atoms with Gasteiger partial charge in [-0.05, 0) is 19.8 Å². The predicted octanol–water partition coefficient (Wildman–Crippen LogP) is 0.679. The molecule has 1 aromatic rings. The fraction of sp³-hybridized carbons (Fsp3) is 0.706. The number of aryl methyl sites for hydroxylation is 1. The van der Waals surface area contributed by atoms with Gasteiger partial charge < -0.3 is 19.4 Å². The third kappa shape index (κ3) is 2.81. The Labute approximate surface area is 142 Å². The minimum atomic E-state index is -0.118. The van der Waals surface area contributed by atoms with E-state index in [1.807, 2.05) is 24.9 Å². The normalized spacial score (nSPS) is 27.6. The molecular formula is C17H25N5O2. The van der Waals surface area contributed by atoms with E-state index in [1.165, 1.54) is 12.8 Å². The van der Waals surface area contributed by atoms with Crippen molar-refractivity contribution in [2.45, 2.75) is 25.8 Å². The number of aromatic nitrogens is 2. The van der Waals surface area contributed by atoms with E-state index in [1.54, 1.807) is 0 Å². The zero-order valence-electron chi connectivity index (χ0n) is 14.4. The molecule has 0 aromatic carbocycles. The maximum atomic E-state index is 12.5. The maximum Gasteiger partial charge on any atom is 0.229 e. The Balaban J connectivity index is 1.64. The lowest BCUT2D eigenvalue weighted by molar-refractivity contribution is -0.133. The second-order valence-electron chi connectivity index (χ2n) is 7.10. The zero-order chi connectivity index (χ0) is 16.7. The summed E-state index contributed by atoms with van der Waals surface area (Å²) in [6.45, 7) is 6.60. The number of anilines is 2. The molecule has 4 rings (SSSR count). The van der Waals surface area contributed by atoms with Crippen LogP contribution in [0.15, 0.2) is 6.07 Å². The average molecular weight is 331 g/mol. The molecule has 0 unspecified atom stereocenters. The van der Waals surface area contributed by atoms with Crippen LogP contribution in [0.1, 0.15) is 18.5 Å². The van der Waals surface area contributed by atoms with Crippen LogP contribution >= 0.6 is 0 Å². The van der Waals surface area contributed by atoms with Crippen molar-refractivity contribution in [3.63, 3.8) is 0 Å². The highest BCUT2D eigenvalue weighted by Gasteiger charge is 2.37. The lowest BCUT2D eigenvalue weighted by Crippen LogP contribution is -2.43. The Morgan fingerprint density at radius 3 is 2.71 bits per heavy atom. The van der Waals surface area contributed by atoms with E-state index in [9.17, 15) is 4.79 Å². The summed E-state index contributed by atoms with van der Waals surface area (Å²) < 4.78 is 5.69. The van der Waals surface area contributed by atoms with E-state index in [2.05, 4.69) is 14.8 Å². The van der Waals surface area contributed by atoms with Gasteiger partial charge in [-0.15, -0.1) is 0 Å². The monoisotopic (exact) mass is 331 g/mol. The van der Waals surface area contributed by atoms with Gasteiger partial charge in [0.25, 0.3) is 0 Å². The number of likely N-dealkylation sites (N-methyl/N-ethyl adjacent to an activating group) is 1. The largest absolute Gasteiger partial charge is 0.378 e. The molecule has 0 N–H and O–H groups in total. The Bertz CT molecular complexity index is 631. The summed E-state index contributed by atoms with van der Waals surface area (Å²) in [5.74, 6) is 1.83. The molecule has 0 aliphatic carbocycles. The van der Waals surface area contributed by atoms with E-state index in [4.69, 9.17) is 9.72 Å². The van der Waals surface area contributed by atoms with Gasteiger partial charge in [-0.1, -0.05) is 0 Å². The molecule has 7 nitrogen and oxygen atoms in total. The van der Waals surface area contributed by atoms with Crippen molar-refractivity contribution in [3.8, 4) is 0 Å². The molecule has 1 amide bonds. The van der Waals surface area contributed by atoms with E-state index in [0.717, 1.165) is 37.1 Å². The van der Waals surface area contributed by atoms with Crippen LogP contribution in [0.3, 0.4) is 0 Å². The summed E-state index contributed by atoms with van der Waals surface area (Å²) in [5.41, 5.74) is 0.979. The smallest absolute Gasteiger partial charge is 0.229 e. The SMILES string of the molecule is Cc1cc(N2C[C@@H]3COC[C@H](C2)N(C)C3=O)nc(N2CCCC2)n1. The fourth-order valence-corrected chi connectivity index (χ4v) is 3.84. The van der Waals surface area contributed by atoms with Gasteiger partial charge >= 0.3 is 0 Å². The predicted molar refractivity (Wildman–Crippen MR) is 91.3 cm³/mol. The summed E-state index contributed by atoms with van der Waals surface area (Å²) >= 11 is 0. The molecule has 2 bridgehead atoms.